The van der Waals surface area contributed by atoms with E-state index in [-0.39, 0.29) is 11.4 Å². The van der Waals surface area contributed by atoms with E-state index < -0.39 is 10.0 Å². The van der Waals surface area contributed by atoms with Crippen LogP contribution in [0.25, 0.3) is 0 Å². The van der Waals surface area contributed by atoms with E-state index in [2.05, 4.69) is 36.1 Å². The largest absolute Gasteiger partial charge is 0.369 e. The molecule has 2 aromatic heterocycles. The topological polar surface area (TPSA) is 97.1 Å². The molecule has 2 heterocycles. The first-order valence-electron chi connectivity index (χ1n) is 6.23. The maximum atomic E-state index is 12.4. The molecule has 2 N–H and O–H groups in total. The lowest BCUT2D eigenvalue weighted by Gasteiger charge is -2.11. The third-order valence-electron chi connectivity index (χ3n) is 2.57. The summed E-state index contributed by atoms with van der Waals surface area (Å²) in [6, 6.07) is 3.17. The van der Waals surface area contributed by atoms with Crippen LogP contribution >= 0.6 is 15.9 Å². The van der Waals surface area contributed by atoms with Crippen LogP contribution in [0.15, 0.2) is 32.2 Å². The standard InChI is InChI=1S/C12H15BrN4O3S/c1-3-14-12-11(5-9(13)6-15-12)21(18,19)16-7-10-4-8(2)17-20-10/h4-6,16H,3,7H2,1-2H3,(H,14,15). The lowest BCUT2D eigenvalue weighted by atomic mass is 10.4. The number of halogens is 1. The van der Waals surface area contributed by atoms with E-state index in [1.807, 2.05) is 6.92 Å². The summed E-state index contributed by atoms with van der Waals surface area (Å²) < 4.78 is 32.8. The van der Waals surface area contributed by atoms with Crippen LogP contribution < -0.4 is 10.0 Å². The van der Waals surface area contributed by atoms with Gasteiger partial charge in [-0.05, 0) is 35.8 Å². The summed E-state index contributed by atoms with van der Waals surface area (Å²) in [6.07, 6.45) is 1.54. The van der Waals surface area contributed by atoms with Crippen molar-refractivity contribution in [3.05, 3.63) is 34.3 Å². The average Bonchev–Trinajstić information content (AvgIpc) is 2.85. The normalized spacial score (nSPS) is 11.6. The zero-order valence-electron chi connectivity index (χ0n) is 11.6. The Morgan fingerprint density at radius 3 is 2.76 bits per heavy atom. The lowest BCUT2D eigenvalue weighted by Crippen LogP contribution is -2.24. The summed E-state index contributed by atoms with van der Waals surface area (Å²) in [6.45, 7) is 4.23. The summed E-state index contributed by atoms with van der Waals surface area (Å²) in [5.41, 5.74) is 0.696. The highest BCUT2D eigenvalue weighted by Gasteiger charge is 2.20. The molecule has 7 nitrogen and oxygen atoms in total. The SMILES string of the molecule is CCNc1ncc(Br)cc1S(=O)(=O)NCc1cc(C)no1. The number of nitrogens with one attached hydrogen (secondary N) is 2. The van der Waals surface area contributed by atoms with Crippen LogP contribution in [0, 0.1) is 6.92 Å². The van der Waals surface area contributed by atoms with Gasteiger partial charge in [0, 0.05) is 23.3 Å². The van der Waals surface area contributed by atoms with Crippen molar-refractivity contribution in [3.63, 3.8) is 0 Å². The summed E-state index contributed by atoms with van der Waals surface area (Å²) in [5.74, 6) is 0.756. The fraction of sp³-hybridized carbons (Fsp3) is 0.333. The minimum atomic E-state index is -3.72. The highest BCUT2D eigenvalue weighted by atomic mass is 79.9. The van der Waals surface area contributed by atoms with Gasteiger partial charge in [-0.2, -0.15) is 0 Å². The molecule has 0 aromatic carbocycles. The van der Waals surface area contributed by atoms with Crippen molar-refractivity contribution in [2.45, 2.75) is 25.3 Å². The molecule has 2 aromatic rings. The van der Waals surface area contributed by atoms with E-state index >= 15 is 0 Å². The molecule has 0 radical (unpaired) electrons. The van der Waals surface area contributed by atoms with Crippen molar-refractivity contribution >= 4 is 31.8 Å². The maximum Gasteiger partial charge on any atom is 0.244 e. The zero-order chi connectivity index (χ0) is 15.5. The van der Waals surface area contributed by atoms with Gasteiger partial charge in [0.15, 0.2) is 5.76 Å². The van der Waals surface area contributed by atoms with Crippen LogP contribution in [0.4, 0.5) is 5.82 Å². The predicted molar refractivity (Wildman–Crippen MR) is 81.4 cm³/mol. The number of nitrogens with zero attached hydrogens (tertiary/aromatic N) is 2. The smallest absolute Gasteiger partial charge is 0.244 e. The molecule has 114 valence electrons. The molecule has 0 bridgehead atoms. The molecule has 0 aliphatic heterocycles. The summed E-state index contributed by atoms with van der Waals surface area (Å²) in [7, 11) is -3.72. The first kappa shape index (κ1) is 15.9. The molecular weight excluding hydrogens is 360 g/mol. The molecule has 21 heavy (non-hydrogen) atoms. The zero-order valence-corrected chi connectivity index (χ0v) is 14.0. The summed E-state index contributed by atoms with van der Waals surface area (Å²) >= 11 is 3.23. The number of aryl methyl sites for hydroxylation is 1. The molecule has 0 saturated carbocycles. The van der Waals surface area contributed by atoms with Crippen molar-refractivity contribution in [1.29, 1.82) is 0 Å². The van der Waals surface area contributed by atoms with E-state index in [0.717, 1.165) is 0 Å². The number of anilines is 1. The fourth-order valence-electron chi connectivity index (χ4n) is 1.67. The minimum Gasteiger partial charge on any atom is -0.369 e. The predicted octanol–water partition coefficient (Wildman–Crippen LogP) is 2.05. The van der Waals surface area contributed by atoms with Gasteiger partial charge >= 0.3 is 0 Å². The van der Waals surface area contributed by atoms with E-state index in [0.29, 0.717) is 28.3 Å². The van der Waals surface area contributed by atoms with E-state index in [4.69, 9.17) is 4.52 Å². The second-order valence-electron chi connectivity index (χ2n) is 4.29. The van der Waals surface area contributed by atoms with Crippen molar-refractivity contribution in [3.8, 4) is 0 Å². The van der Waals surface area contributed by atoms with Gasteiger partial charge in [-0.25, -0.2) is 18.1 Å². The molecule has 9 heteroatoms. The number of hydrogen-bond donors (Lipinski definition) is 2. The second-order valence-corrected chi connectivity index (χ2v) is 6.94. The molecule has 0 atom stereocenters. The Labute approximate surface area is 131 Å². The third kappa shape index (κ3) is 4.02. The lowest BCUT2D eigenvalue weighted by molar-refractivity contribution is 0.377. The van der Waals surface area contributed by atoms with Gasteiger partial charge in [-0.15, -0.1) is 0 Å². The van der Waals surface area contributed by atoms with Crippen molar-refractivity contribution in [2.24, 2.45) is 0 Å². The van der Waals surface area contributed by atoms with E-state index in [1.165, 1.54) is 12.3 Å². The van der Waals surface area contributed by atoms with Crippen LogP contribution in [0.5, 0.6) is 0 Å². The Bertz CT molecular complexity index is 730. The van der Waals surface area contributed by atoms with Crippen LogP contribution in [-0.4, -0.2) is 25.1 Å². The molecule has 0 unspecified atom stereocenters. The van der Waals surface area contributed by atoms with Crippen molar-refractivity contribution in [1.82, 2.24) is 14.9 Å². The summed E-state index contributed by atoms with van der Waals surface area (Å²) in [5, 5.41) is 6.63. The van der Waals surface area contributed by atoms with Gasteiger partial charge in [0.25, 0.3) is 0 Å². The number of pyridine rings is 1. The van der Waals surface area contributed by atoms with Crippen LogP contribution in [0.3, 0.4) is 0 Å². The number of aromatic nitrogens is 2. The second kappa shape index (κ2) is 6.54. The molecule has 0 saturated heterocycles. The molecule has 0 aliphatic rings. The summed E-state index contributed by atoms with van der Waals surface area (Å²) in [4.78, 5) is 4.16. The average molecular weight is 375 g/mol. The maximum absolute atomic E-state index is 12.4. The highest BCUT2D eigenvalue weighted by molar-refractivity contribution is 9.10. The molecule has 0 amide bonds. The number of sulfonamides is 1. The Hall–Kier alpha value is -1.45. The molecule has 2 rings (SSSR count). The number of hydrogen-bond acceptors (Lipinski definition) is 6. The van der Waals surface area contributed by atoms with Gasteiger partial charge in [-0.3, -0.25) is 0 Å². The van der Waals surface area contributed by atoms with Crippen LogP contribution in [0.2, 0.25) is 0 Å². The first-order chi connectivity index (χ1) is 9.92. The van der Waals surface area contributed by atoms with Gasteiger partial charge in [0.05, 0.1) is 12.2 Å². The van der Waals surface area contributed by atoms with Crippen LogP contribution in [-0.2, 0) is 16.6 Å². The van der Waals surface area contributed by atoms with E-state index in [1.54, 1.807) is 13.0 Å². The quantitative estimate of drug-likeness (QED) is 0.802. The Morgan fingerprint density at radius 1 is 1.38 bits per heavy atom. The van der Waals surface area contributed by atoms with Gasteiger partial charge in [-0.1, -0.05) is 5.16 Å². The van der Waals surface area contributed by atoms with Crippen molar-refractivity contribution in [2.75, 3.05) is 11.9 Å². The Balaban J connectivity index is 2.24. The first-order valence-corrected chi connectivity index (χ1v) is 8.51. The molecule has 0 spiro atoms. The molecular formula is C12H15BrN4O3S. The molecule has 0 fully saturated rings. The van der Waals surface area contributed by atoms with E-state index in [9.17, 15) is 8.42 Å². The van der Waals surface area contributed by atoms with Crippen LogP contribution in [0.1, 0.15) is 18.4 Å². The number of rotatable bonds is 6. The monoisotopic (exact) mass is 374 g/mol. The fourth-order valence-corrected chi connectivity index (χ4v) is 3.30. The van der Waals surface area contributed by atoms with Crippen molar-refractivity contribution < 1.29 is 12.9 Å². The Morgan fingerprint density at radius 2 is 2.14 bits per heavy atom. The Kier molecular flexibility index (Phi) is 4.96. The highest BCUT2D eigenvalue weighted by Crippen LogP contribution is 2.23. The third-order valence-corrected chi connectivity index (χ3v) is 4.41. The van der Waals surface area contributed by atoms with Gasteiger partial charge in [0.2, 0.25) is 10.0 Å². The van der Waals surface area contributed by atoms with Gasteiger partial charge in [0.1, 0.15) is 10.7 Å². The molecule has 0 aliphatic carbocycles. The van der Waals surface area contributed by atoms with Gasteiger partial charge < -0.3 is 9.84 Å². The minimum absolute atomic E-state index is 0.0290.